The van der Waals surface area contributed by atoms with Crippen molar-refractivity contribution in [2.24, 2.45) is 11.7 Å². The number of carbonyl (C=O) groups excluding carboxylic acids is 2. The van der Waals surface area contributed by atoms with Crippen LogP contribution in [0.25, 0.3) is 22.8 Å². The quantitative estimate of drug-likeness (QED) is 0.532. The largest absolute Gasteiger partial charge is 0.436 e. The number of nitrogens with two attached hydrogens (primary N) is 1. The second-order valence-corrected chi connectivity index (χ2v) is 8.09. The number of likely N-dealkylation sites (tertiary alicyclic amines) is 1. The highest BCUT2D eigenvalue weighted by Gasteiger charge is 2.23. The predicted molar refractivity (Wildman–Crippen MR) is 123 cm³/mol. The summed E-state index contributed by atoms with van der Waals surface area (Å²) < 4.78 is 5.95. The lowest BCUT2D eigenvalue weighted by Gasteiger charge is -2.31. The molecular weight excluding hydrogens is 404 g/mol. The molecule has 0 radical (unpaired) electrons. The summed E-state index contributed by atoms with van der Waals surface area (Å²) >= 11 is 0. The van der Waals surface area contributed by atoms with Gasteiger partial charge in [0.1, 0.15) is 0 Å². The van der Waals surface area contributed by atoms with E-state index in [4.69, 9.17) is 10.2 Å². The molecule has 1 fully saturated rings. The molecule has 2 heterocycles. The van der Waals surface area contributed by atoms with E-state index in [-0.39, 0.29) is 17.7 Å². The van der Waals surface area contributed by atoms with E-state index in [0.29, 0.717) is 35.9 Å². The SMILES string of the molecule is NC(=O)C1CCCN(CCCNC(=O)c2ccccc2-c2ncc(-c3ccccc3)o2)C1. The lowest BCUT2D eigenvalue weighted by molar-refractivity contribution is -0.123. The first-order chi connectivity index (χ1) is 15.6. The Kier molecular flexibility index (Phi) is 6.97. The molecule has 1 aromatic heterocycles. The van der Waals surface area contributed by atoms with Crippen LogP contribution in [0.1, 0.15) is 29.6 Å². The summed E-state index contributed by atoms with van der Waals surface area (Å²) in [6, 6.07) is 17.1. The molecule has 4 rings (SSSR count). The average Bonchev–Trinajstić information content (AvgIpc) is 3.33. The minimum absolute atomic E-state index is 0.0632. The zero-order valence-corrected chi connectivity index (χ0v) is 18.0. The predicted octanol–water partition coefficient (Wildman–Crippen LogP) is 3.33. The van der Waals surface area contributed by atoms with Gasteiger partial charge in [-0.3, -0.25) is 9.59 Å². The van der Waals surface area contributed by atoms with Crippen LogP contribution >= 0.6 is 0 Å². The summed E-state index contributed by atoms with van der Waals surface area (Å²) in [5, 5.41) is 2.99. The molecule has 7 nitrogen and oxygen atoms in total. The number of nitrogens with zero attached hydrogens (tertiary/aromatic N) is 2. The molecule has 2 amide bonds. The molecule has 1 unspecified atom stereocenters. The highest BCUT2D eigenvalue weighted by molar-refractivity contribution is 6.00. The van der Waals surface area contributed by atoms with Gasteiger partial charge in [-0.2, -0.15) is 0 Å². The minimum atomic E-state index is -0.221. The molecule has 166 valence electrons. The van der Waals surface area contributed by atoms with Gasteiger partial charge in [-0.05, 0) is 44.5 Å². The Morgan fingerprint density at radius 3 is 2.72 bits per heavy atom. The smallest absolute Gasteiger partial charge is 0.252 e. The first kappa shape index (κ1) is 21.8. The van der Waals surface area contributed by atoms with Crippen molar-refractivity contribution in [3.8, 4) is 22.8 Å². The molecule has 3 aromatic rings. The zero-order valence-electron chi connectivity index (χ0n) is 18.0. The lowest BCUT2D eigenvalue weighted by Crippen LogP contribution is -2.42. The second kappa shape index (κ2) is 10.2. The Bertz CT molecular complexity index is 1060. The number of hydrogen-bond donors (Lipinski definition) is 2. The van der Waals surface area contributed by atoms with Crippen LogP contribution in [0.5, 0.6) is 0 Å². The Morgan fingerprint density at radius 1 is 1.12 bits per heavy atom. The molecule has 1 aliphatic heterocycles. The first-order valence-corrected chi connectivity index (χ1v) is 11.0. The maximum Gasteiger partial charge on any atom is 0.252 e. The van der Waals surface area contributed by atoms with Crippen LogP contribution in [0.2, 0.25) is 0 Å². The fraction of sp³-hybridized carbons (Fsp3) is 0.320. The average molecular weight is 433 g/mol. The molecule has 32 heavy (non-hydrogen) atoms. The van der Waals surface area contributed by atoms with Crippen LogP contribution in [0.4, 0.5) is 0 Å². The van der Waals surface area contributed by atoms with Crippen molar-refractivity contribution in [2.45, 2.75) is 19.3 Å². The van der Waals surface area contributed by atoms with Crippen molar-refractivity contribution in [1.82, 2.24) is 15.2 Å². The van der Waals surface area contributed by atoms with Gasteiger partial charge in [0, 0.05) is 24.2 Å². The number of aromatic nitrogens is 1. The Balaban J connectivity index is 1.35. The van der Waals surface area contributed by atoms with E-state index < -0.39 is 0 Å². The molecule has 0 spiro atoms. The van der Waals surface area contributed by atoms with Crippen molar-refractivity contribution >= 4 is 11.8 Å². The van der Waals surface area contributed by atoms with Crippen molar-refractivity contribution < 1.29 is 14.0 Å². The van der Waals surface area contributed by atoms with Crippen molar-refractivity contribution in [3.63, 3.8) is 0 Å². The second-order valence-electron chi connectivity index (χ2n) is 8.09. The van der Waals surface area contributed by atoms with Crippen LogP contribution in [-0.4, -0.2) is 47.9 Å². The monoisotopic (exact) mass is 432 g/mol. The van der Waals surface area contributed by atoms with Crippen LogP contribution < -0.4 is 11.1 Å². The van der Waals surface area contributed by atoms with Crippen molar-refractivity contribution in [1.29, 1.82) is 0 Å². The normalized spacial score (nSPS) is 16.6. The van der Waals surface area contributed by atoms with Gasteiger partial charge < -0.3 is 20.4 Å². The van der Waals surface area contributed by atoms with Crippen molar-refractivity contribution in [2.75, 3.05) is 26.2 Å². The zero-order chi connectivity index (χ0) is 22.3. The highest BCUT2D eigenvalue weighted by Crippen LogP contribution is 2.28. The molecule has 1 aliphatic rings. The van der Waals surface area contributed by atoms with Gasteiger partial charge >= 0.3 is 0 Å². The highest BCUT2D eigenvalue weighted by atomic mass is 16.4. The van der Waals surface area contributed by atoms with Gasteiger partial charge in [-0.15, -0.1) is 0 Å². The molecule has 2 aromatic carbocycles. The Labute approximate surface area is 187 Å². The molecule has 0 aliphatic carbocycles. The Morgan fingerprint density at radius 2 is 1.91 bits per heavy atom. The number of primary amides is 1. The summed E-state index contributed by atoms with van der Waals surface area (Å²) in [4.78, 5) is 30.9. The van der Waals surface area contributed by atoms with E-state index in [2.05, 4.69) is 15.2 Å². The summed E-state index contributed by atoms with van der Waals surface area (Å²) in [5.41, 5.74) is 7.57. The molecule has 0 saturated carbocycles. The lowest BCUT2D eigenvalue weighted by atomic mass is 9.97. The number of piperidine rings is 1. The van der Waals surface area contributed by atoms with Gasteiger partial charge in [0.15, 0.2) is 5.76 Å². The third kappa shape index (κ3) is 5.23. The maximum absolute atomic E-state index is 12.9. The summed E-state index contributed by atoms with van der Waals surface area (Å²) in [7, 11) is 0. The van der Waals surface area contributed by atoms with Crippen LogP contribution in [0.15, 0.2) is 65.2 Å². The molecule has 1 atom stereocenters. The standard InChI is InChI=1S/C25H28N4O3/c26-23(30)19-10-6-14-29(17-19)15-7-13-27-24(31)20-11-4-5-12-21(20)25-28-16-22(32-25)18-8-2-1-3-9-18/h1-5,8-9,11-12,16,19H,6-7,10,13-15,17H2,(H2,26,30)(H,27,31). The molecule has 0 bridgehead atoms. The maximum atomic E-state index is 12.9. The molecule has 7 heteroatoms. The van der Waals surface area contributed by atoms with Crippen molar-refractivity contribution in [3.05, 3.63) is 66.4 Å². The summed E-state index contributed by atoms with van der Waals surface area (Å²) in [5.74, 6) is 0.633. The number of rotatable bonds is 8. The summed E-state index contributed by atoms with van der Waals surface area (Å²) in [6.45, 7) is 3.05. The van der Waals surface area contributed by atoms with Crippen LogP contribution in [-0.2, 0) is 4.79 Å². The fourth-order valence-corrected chi connectivity index (χ4v) is 4.09. The fourth-order valence-electron chi connectivity index (χ4n) is 4.09. The molecule has 3 N–H and O–H groups in total. The van der Waals surface area contributed by atoms with Gasteiger partial charge in [0.2, 0.25) is 11.8 Å². The minimum Gasteiger partial charge on any atom is -0.436 e. The van der Waals surface area contributed by atoms with E-state index in [1.165, 1.54) is 0 Å². The number of hydrogen-bond acceptors (Lipinski definition) is 5. The number of amides is 2. The van der Waals surface area contributed by atoms with E-state index in [1.54, 1.807) is 12.3 Å². The Hall–Kier alpha value is -3.45. The van der Waals surface area contributed by atoms with Gasteiger partial charge in [0.05, 0.1) is 17.7 Å². The van der Waals surface area contributed by atoms with E-state index in [1.807, 2.05) is 48.5 Å². The van der Waals surface area contributed by atoms with Crippen LogP contribution in [0.3, 0.4) is 0 Å². The molecular formula is C25H28N4O3. The van der Waals surface area contributed by atoms with E-state index >= 15 is 0 Å². The number of carbonyl (C=O) groups is 2. The van der Waals surface area contributed by atoms with Gasteiger partial charge in [-0.25, -0.2) is 4.98 Å². The van der Waals surface area contributed by atoms with Crippen LogP contribution in [0, 0.1) is 5.92 Å². The number of nitrogens with one attached hydrogen (secondary N) is 1. The number of benzene rings is 2. The third-order valence-electron chi connectivity index (χ3n) is 5.81. The number of oxazole rings is 1. The third-order valence-corrected chi connectivity index (χ3v) is 5.81. The topological polar surface area (TPSA) is 101 Å². The van der Waals surface area contributed by atoms with Gasteiger partial charge in [-0.1, -0.05) is 42.5 Å². The summed E-state index contributed by atoms with van der Waals surface area (Å²) in [6.07, 6.45) is 4.33. The van der Waals surface area contributed by atoms with E-state index in [9.17, 15) is 9.59 Å². The van der Waals surface area contributed by atoms with E-state index in [0.717, 1.165) is 37.9 Å². The molecule has 1 saturated heterocycles. The van der Waals surface area contributed by atoms with Gasteiger partial charge in [0.25, 0.3) is 5.91 Å². The first-order valence-electron chi connectivity index (χ1n) is 11.0.